The molecule has 1 saturated heterocycles. The van der Waals surface area contributed by atoms with Crippen molar-refractivity contribution in [2.75, 3.05) is 0 Å². The Morgan fingerprint density at radius 2 is 2.08 bits per heavy atom. The van der Waals surface area contributed by atoms with E-state index in [9.17, 15) is 4.79 Å². The number of furan rings is 1. The largest absolute Gasteiger partial charge is 0.484 e. The fraction of sp³-hybridized carbons (Fsp3) is 0.222. The van der Waals surface area contributed by atoms with Gasteiger partial charge in [-0.3, -0.25) is 9.69 Å². The maximum absolute atomic E-state index is 12.4. The lowest BCUT2D eigenvalue weighted by Crippen LogP contribution is -2.34. The number of benzene rings is 1. The van der Waals surface area contributed by atoms with Crippen molar-refractivity contribution in [2.45, 2.75) is 26.5 Å². The van der Waals surface area contributed by atoms with E-state index in [1.54, 1.807) is 41.3 Å². The maximum Gasteiger partial charge on any atom is 0.266 e. The summed E-state index contributed by atoms with van der Waals surface area (Å²) in [5.41, 5.74) is 0. The molecule has 2 heterocycles. The third-order valence-electron chi connectivity index (χ3n) is 3.58. The van der Waals surface area contributed by atoms with E-state index in [4.69, 9.17) is 44.6 Å². The minimum absolute atomic E-state index is 0.0245. The fourth-order valence-corrected chi connectivity index (χ4v) is 4.20. The highest BCUT2D eigenvalue weighted by Crippen LogP contribution is 2.34. The molecule has 1 fully saturated rings. The molecule has 0 atom stereocenters. The van der Waals surface area contributed by atoms with Gasteiger partial charge in [0, 0.05) is 12.1 Å². The first-order chi connectivity index (χ1) is 12.4. The highest BCUT2D eigenvalue weighted by molar-refractivity contribution is 8.26. The van der Waals surface area contributed by atoms with Gasteiger partial charge < -0.3 is 9.15 Å². The predicted octanol–water partition coefficient (Wildman–Crippen LogP) is 5.78. The lowest BCUT2D eigenvalue weighted by atomic mass is 10.3. The average Bonchev–Trinajstić information content (AvgIpc) is 3.13. The Kier molecular flexibility index (Phi) is 5.97. The van der Waals surface area contributed by atoms with E-state index in [-0.39, 0.29) is 18.6 Å². The Labute approximate surface area is 171 Å². The van der Waals surface area contributed by atoms with Crippen molar-refractivity contribution in [2.24, 2.45) is 0 Å². The standard InChI is InChI=1S/C18H15Cl2NO3S2/c1-10(2)21-17(22)15(26-18(21)25)8-11-6-7-12(24-11)9-23-14-5-3-4-13(19)16(14)20/h3-8,10H,9H2,1-2H3. The maximum atomic E-state index is 12.4. The van der Waals surface area contributed by atoms with Crippen LogP contribution in [0.3, 0.4) is 0 Å². The second kappa shape index (κ2) is 8.05. The van der Waals surface area contributed by atoms with E-state index in [1.165, 1.54) is 11.8 Å². The number of thioether (sulfide) groups is 1. The van der Waals surface area contributed by atoms with Crippen LogP contribution in [0.1, 0.15) is 25.4 Å². The smallest absolute Gasteiger partial charge is 0.266 e. The molecular formula is C18H15Cl2NO3S2. The van der Waals surface area contributed by atoms with Gasteiger partial charge in [-0.1, -0.05) is 53.2 Å². The number of hydrogen-bond donors (Lipinski definition) is 0. The molecule has 0 aliphatic carbocycles. The zero-order valence-corrected chi connectivity index (χ0v) is 17.1. The first kappa shape index (κ1) is 19.3. The van der Waals surface area contributed by atoms with Crippen molar-refractivity contribution >= 4 is 63.5 Å². The Hall–Kier alpha value is -1.47. The molecular weight excluding hydrogens is 413 g/mol. The van der Waals surface area contributed by atoms with E-state index < -0.39 is 0 Å². The molecule has 1 aliphatic heterocycles. The van der Waals surface area contributed by atoms with Crippen molar-refractivity contribution < 1.29 is 13.9 Å². The highest BCUT2D eigenvalue weighted by atomic mass is 35.5. The molecule has 2 aromatic rings. The molecule has 136 valence electrons. The van der Waals surface area contributed by atoms with E-state index in [2.05, 4.69) is 0 Å². The number of amides is 1. The van der Waals surface area contributed by atoms with Gasteiger partial charge in [-0.2, -0.15) is 0 Å². The molecule has 3 rings (SSSR count). The number of rotatable bonds is 5. The summed E-state index contributed by atoms with van der Waals surface area (Å²) in [5.74, 6) is 1.54. The summed E-state index contributed by atoms with van der Waals surface area (Å²) in [6.45, 7) is 4.05. The zero-order valence-electron chi connectivity index (χ0n) is 14.0. The lowest BCUT2D eigenvalue weighted by Gasteiger charge is -2.18. The molecule has 26 heavy (non-hydrogen) atoms. The minimum atomic E-state index is -0.102. The number of hydrogen-bond acceptors (Lipinski definition) is 5. The molecule has 0 saturated carbocycles. The summed E-state index contributed by atoms with van der Waals surface area (Å²) in [7, 11) is 0. The second-order valence-corrected chi connectivity index (χ2v) is 8.25. The third kappa shape index (κ3) is 4.09. The van der Waals surface area contributed by atoms with Gasteiger partial charge in [-0.15, -0.1) is 0 Å². The number of thiocarbonyl (C=S) groups is 1. The second-order valence-electron chi connectivity index (χ2n) is 5.79. The Morgan fingerprint density at radius 1 is 1.31 bits per heavy atom. The molecule has 1 aliphatic rings. The van der Waals surface area contributed by atoms with Gasteiger partial charge in [-0.25, -0.2) is 0 Å². The number of halogens is 2. The van der Waals surface area contributed by atoms with Crippen LogP contribution in [-0.4, -0.2) is 21.2 Å². The molecule has 0 unspecified atom stereocenters. The number of carbonyl (C=O) groups is 1. The van der Waals surface area contributed by atoms with Crippen LogP contribution < -0.4 is 4.74 Å². The predicted molar refractivity (Wildman–Crippen MR) is 110 cm³/mol. The van der Waals surface area contributed by atoms with E-state index in [0.717, 1.165) is 0 Å². The molecule has 0 radical (unpaired) electrons. The highest BCUT2D eigenvalue weighted by Gasteiger charge is 2.33. The summed E-state index contributed by atoms with van der Waals surface area (Å²) in [6, 6.07) is 8.77. The number of ether oxygens (including phenoxy) is 1. The van der Waals surface area contributed by atoms with Crippen molar-refractivity contribution in [3.63, 3.8) is 0 Å². The summed E-state index contributed by atoms with van der Waals surface area (Å²) in [4.78, 5) is 14.5. The van der Waals surface area contributed by atoms with Crippen LogP contribution in [0.25, 0.3) is 6.08 Å². The Bertz CT molecular complexity index is 892. The van der Waals surface area contributed by atoms with E-state index in [1.807, 2.05) is 13.8 Å². The van der Waals surface area contributed by atoms with Crippen molar-refractivity contribution in [3.05, 3.63) is 56.8 Å². The van der Waals surface area contributed by atoms with Crippen LogP contribution in [0.15, 0.2) is 39.7 Å². The third-order valence-corrected chi connectivity index (χ3v) is 5.71. The first-order valence-corrected chi connectivity index (χ1v) is 9.77. The monoisotopic (exact) mass is 427 g/mol. The van der Waals surface area contributed by atoms with E-state index >= 15 is 0 Å². The number of nitrogens with zero attached hydrogens (tertiary/aromatic N) is 1. The average molecular weight is 428 g/mol. The van der Waals surface area contributed by atoms with Gasteiger partial charge >= 0.3 is 0 Å². The molecule has 0 bridgehead atoms. The molecule has 1 amide bonds. The summed E-state index contributed by atoms with van der Waals surface area (Å²) in [6.07, 6.45) is 1.69. The fourth-order valence-electron chi connectivity index (χ4n) is 2.35. The van der Waals surface area contributed by atoms with Crippen LogP contribution in [0, 0.1) is 0 Å². The number of carbonyl (C=O) groups excluding carboxylic acids is 1. The molecule has 1 aromatic heterocycles. The van der Waals surface area contributed by atoms with Crippen LogP contribution in [-0.2, 0) is 11.4 Å². The molecule has 8 heteroatoms. The van der Waals surface area contributed by atoms with Crippen LogP contribution in [0.2, 0.25) is 10.0 Å². The molecule has 0 N–H and O–H groups in total. The molecule has 4 nitrogen and oxygen atoms in total. The van der Waals surface area contributed by atoms with Crippen LogP contribution >= 0.6 is 47.2 Å². The van der Waals surface area contributed by atoms with Crippen molar-refractivity contribution in [1.82, 2.24) is 4.90 Å². The lowest BCUT2D eigenvalue weighted by molar-refractivity contribution is -0.123. The van der Waals surface area contributed by atoms with Gasteiger partial charge in [0.1, 0.15) is 33.2 Å². The topological polar surface area (TPSA) is 42.7 Å². The SMILES string of the molecule is CC(C)N1C(=O)C(=Cc2ccc(COc3cccc(Cl)c3Cl)o2)SC1=S. The van der Waals surface area contributed by atoms with Crippen LogP contribution in [0.4, 0.5) is 0 Å². The van der Waals surface area contributed by atoms with Crippen LogP contribution in [0.5, 0.6) is 5.75 Å². The Balaban J connectivity index is 1.70. The summed E-state index contributed by atoms with van der Waals surface area (Å²) < 4.78 is 11.9. The first-order valence-electron chi connectivity index (χ1n) is 7.79. The zero-order chi connectivity index (χ0) is 18.8. The summed E-state index contributed by atoms with van der Waals surface area (Å²) in [5, 5.41) is 0.787. The summed E-state index contributed by atoms with van der Waals surface area (Å²) >= 11 is 18.6. The quantitative estimate of drug-likeness (QED) is 0.447. The van der Waals surface area contributed by atoms with Gasteiger partial charge in [0.05, 0.1) is 9.93 Å². The van der Waals surface area contributed by atoms with Crippen molar-refractivity contribution in [1.29, 1.82) is 0 Å². The van der Waals surface area contributed by atoms with E-state index in [0.29, 0.717) is 36.5 Å². The molecule has 0 spiro atoms. The normalized spacial score (nSPS) is 16.2. The van der Waals surface area contributed by atoms with Gasteiger partial charge in [-0.05, 0) is 38.1 Å². The minimum Gasteiger partial charge on any atom is -0.484 e. The molecule has 1 aromatic carbocycles. The van der Waals surface area contributed by atoms with Gasteiger partial charge in [0.15, 0.2) is 0 Å². The van der Waals surface area contributed by atoms with Crippen molar-refractivity contribution in [3.8, 4) is 5.75 Å². The van der Waals surface area contributed by atoms with Gasteiger partial charge in [0.2, 0.25) is 0 Å². The Morgan fingerprint density at radius 3 is 2.77 bits per heavy atom. The van der Waals surface area contributed by atoms with Gasteiger partial charge in [0.25, 0.3) is 5.91 Å².